The monoisotopic (exact) mass is 363 g/mol. The minimum atomic E-state index is -0.888. The van der Waals surface area contributed by atoms with E-state index in [9.17, 15) is 19.2 Å². The number of hydrogen-bond donors (Lipinski definition) is 4. The zero-order valence-corrected chi connectivity index (χ0v) is 14.1. The van der Waals surface area contributed by atoms with Gasteiger partial charge in [0.05, 0.1) is 11.7 Å². The number of hydrogen-bond acceptors (Lipinski definition) is 6. The molecule has 3 atom stereocenters. The highest BCUT2D eigenvalue weighted by Gasteiger charge is 2.35. The van der Waals surface area contributed by atoms with Crippen molar-refractivity contribution < 1.29 is 19.2 Å². The summed E-state index contributed by atoms with van der Waals surface area (Å²) < 4.78 is 1.26. The molecule has 0 aromatic carbocycles. The van der Waals surface area contributed by atoms with Crippen molar-refractivity contribution in [3.05, 3.63) is 18.2 Å². The van der Waals surface area contributed by atoms with E-state index in [1.807, 2.05) is 0 Å². The first-order valence-corrected chi connectivity index (χ1v) is 8.33. The molecule has 4 amide bonds. The Morgan fingerprint density at radius 3 is 2.81 bits per heavy atom. The average Bonchev–Trinajstić information content (AvgIpc) is 3.33. The van der Waals surface area contributed by atoms with Gasteiger partial charge in [-0.25, -0.2) is 9.78 Å². The van der Waals surface area contributed by atoms with Gasteiger partial charge in [0.25, 0.3) is 5.91 Å². The summed E-state index contributed by atoms with van der Waals surface area (Å²) in [7, 11) is 0. The Morgan fingerprint density at radius 1 is 1.38 bits per heavy atom. The Morgan fingerprint density at radius 2 is 2.15 bits per heavy atom. The second-order valence-corrected chi connectivity index (χ2v) is 6.42. The van der Waals surface area contributed by atoms with Crippen LogP contribution >= 0.6 is 0 Å². The molecule has 0 radical (unpaired) electrons. The SMILES string of the molecule is NC(=O)C1CCCN1C(=O)[C@@H](N)Cc1cn(C(=O)C2CNC(=O)N2)cn1. The summed E-state index contributed by atoms with van der Waals surface area (Å²) in [5.74, 6) is -1.24. The third-order valence-corrected chi connectivity index (χ3v) is 4.57. The van der Waals surface area contributed by atoms with Gasteiger partial charge in [0.2, 0.25) is 11.8 Å². The van der Waals surface area contributed by atoms with E-state index >= 15 is 0 Å². The molecular weight excluding hydrogens is 342 g/mol. The van der Waals surface area contributed by atoms with E-state index in [0.717, 1.165) is 0 Å². The van der Waals surface area contributed by atoms with Gasteiger partial charge in [0.1, 0.15) is 18.4 Å². The van der Waals surface area contributed by atoms with Crippen LogP contribution < -0.4 is 22.1 Å². The van der Waals surface area contributed by atoms with Gasteiger partial charge in [-0.2, -0.15) is 0 Å². The highest BCUT2D eigenvalue weighted by molar-refractivity contribution is 5.92. The topological polar surface area (TPSA) is 165 Å². The number of rotatable bonds is 5. The third-order valence-electron chi connectivity index (χ3n) is 4.57. The van der Waals surface area contributed by atoms with Gasteiger partial charge in [-0.1, -0.05) is 0 Å². The summed E-state index contributed by atoms with van der Waals surface area (Å²) in [6, 6.07) is -2.57. The molecule has 2 unspecified atom stereocenters. The van der Waals surface area contributed by atoms with Gasteiger partial charge in [-0.15, -0.1) is 0 Å². The van der Waals surface area contributed by atoms with Crippen LogP contribution in [-0.4, -0.2) is 69.4 Å². The second kappa shape index (κ2) is 7.12. The van der Waals surface area contributed by atoms with E-state index in [0.29, 0.717) is 25.1 Å². The standard InChI is InChI=1S/C15H21N7O4/c16-9(13(24)22-3-1-2-11(22)12(17)23)4-8-6-21(7-19-8)14(25)10-5-18-15(26)20-10/h6-7,9-11H,1-5,16H2,(H2,17,23)(H2,18,20,26)/t9-,10?,11?/m0/s1. The first-order valence-electron chi connectivity index (χ1n) is 8.33. The Hall–Kier alpha value is -2.95. The lowest BCUT2D eigenvalue weighted by atomic mass is 10.1. The van der Waals surface area contributed by atoms with Crippen molar-refractivity contribution in [2.24, 2.45) is 11.5 Å². The van der Waals surface area contributed by atoms with Crippen LogP contribution in [-0.2, 0) is 16.0 Å². The second-order valence-electron chi connectivity index (χ2n) is 6.42. The summed E-state index contributed by atoms with van der Waals surface area (Å²) in [4.78, 5) is 52.8. The lowest BCUT2D eigenvalue weighted by Crippen LogP contribution is -2.50. The lowest BCUT2D eigenvalue weighted by molar-refractivity contribution is -0.138. The number of nitrogens with one attached hydrogen (secondary N) is 2. The van der Waals surface area contributed by atoms with Crippen LogP contribution in [0, 0.1) is 0 Å². The van der Waals surface area contributed by atoms with Gasteiger partial charge in [-0.05, 0) is 12.8 Å². The number of nitrogens with two attached hydrogens (primary N) is 2. The predicted molar refractivity (Wildman–Crippen MR) is 88.8 cm³/mol. The quantitative estimate of drug-likeness (QED) is 0.453. The summed E-state index contributed by atoms with van der Waals surface area (Å²) >= 11 is 0. The minimum Gasteiger partial charge on any atom is -0.368 e. The highest BCUT2D eigenvalue weighted by atomic mass is 16.2. The van der Waals surface area contributed by atoms with Gasteiger partial charge in [-0.3, -0.25) is 19.0 Å². The van der Waals surface area contributed by atoms with Gasteiger partial charge in [0.15, 0.2) is 0 Å². The van der Waals surface area contributed by atoms with Crippen LogP contribution in [0.25, 0.3) is 0 Å². The molecule has 3 heterocycles. The first-order chi connectivity index (χ1) is 12.4. The Balaban J connectivity index is 1.61. The van der Waals surface area contributed by atoms with Gasteiger partial charge >= 0.3 is 6.03 Å². The number of aromatic nitrogens is 2. The van der Waals surface area contributed by atoms with Crippen molar-refractivity contribution in [2.45, 2.75) is 37.4 Å². The molecule has 2 saturated heterocycles. The molecular formula is C15H21N7O4. The fourth-order valence-electron chi connectivity index (χ4n) is 3.23. The van der Waals surface area contributed by atoms with Crippen LogP contribution in [0.1, 0.15) is 23.3 Å². The van der Waals surface area contributed by atoms with E-state index in [4.69, 9.17) is 11.5 Å². The molecule has 2 fully saturated rings. The smallest absolute Gasteiger partial charge is 0.315 e. The molecule has 0 saturated carbocycles. The Labute approximate surface area is 149 Å². The zero-order valence-electron chi connectivity index (χ0n) is 14.1. The third kappa shape index (κ3) is 3.52. The van der Waals surface area contributed by atoms with Gasteiger partial charge in [0, 0.05) is 25.7 Å². The summed E-state index contributed by atoms with van der Waals surface area (Å²) in [5.41, 5.74) is 11.8. The molecule has 0 bridgehead atoms. The molecule has 0 aliphatic carbocycles. The van der Waals surface area contributed by atoms with E-state index < -0.39 is 30.1 Å². The fourth-order valence-corrected chi connectivity index (χ4v) is 3.23. The number of nitrogens with zero attached hydrogens (tertiary/aromatic N) is 3. The zero-order chi connectivity index (χ0) is 18.8. The van der Waals surface area contributed by atoms with Crippen LogP contribution in [0.4, 0.5) is 4.79 Å². The maximum atomic E-state index is 12.5. The number of carbonyl (C=O) groups is 4. The van der Waals surface area contributed by atoms with E-state index in [2.05, 4.69) is 15.6 Å². The van der Waals surface area contributed by atoms with Crippen molar-refractivity contribution in [1.29, 1.82) is 0 Å². The highest BCUT2D eigenvalue weighted by Crippen LogP contribution is 2.18. The predicted octanol–water partition coefficient (Wildman–Crippen LogP) is -2.45. The van der Waals surface area contributed by atoms with Crippen LogP contribution in [0.2, 0.25) is 0 Å². The number of urea groups is 1. The molecule has 2 aliphatic heterocycles. The molecule has 6 N–H and O–H groups in total. The molecule has 11 nitrogen and oxygen atoms in total. The summed E-state index contributed by atoms with van der Waals surface area (Å²) in [5, 5.41) is 5.00. The first kappa shape index (κ1) is 17.9. The van der Waals surface area contributed by atoms with E-state index in [-0.39, 0.29) is 24.8 Å². The fraction of sp³-hybridized carbons (Fsp3) is 0.533. The number of amides is 4. The van der Waals surface area contributed by atoms with Crippen LogP contribution in [0.15, 0.2) is 12.5 Å². The largest absolute Gasteiger partial charge is 0.368 e. The molecule has 26 heavy (non-hydrogen) atoms. The van der Waals surface area contributed by atoms with E-state index in [1.54, 1.807) is 0 Å². The maximum absolute atomic E-state index is 12.5. The van der Waals surface area contributed by atoms with Crippen LogP contribution in [0.3, 0.4) is 0 Å². The minimum absolute atomic E-state index is 0.121. The van der Waals surface area contributed by atoms with E-state index in [1.165, 1.54) is 22.0 Å². The van der Waals surface area contributed by atoms with Crippen molar-refractivity contribution in [3.63, 3.8) is 0 Å². The molecule has 1 aromatic heterocycles. The number of imidazole rings is 1. The lowest BCUT2D eigenvalue weighted by Gasteiger charge is -2.25. The summed E-state index contributed by atoms with van der Waals surface area (Å²) in [6.45, 7) is 0.647. The number of likely N-dealkylation sites (tertiary alicyclic amines) is 1. The summed E-state index contributed by atoms with van der Waals surface area (Å²) in [6.07, 6.45) is 4.17. The Kier molecular flexibility index (Phi) is 4.89. The van der Waals surface area contributed by atoms with Crippen LogP contribution in [0.5, 0.6) is 0 Å². The molecule has 1 aromatic rings. The maximum Gasteiger partial charge on any atom is 0.315 e. The van der Waals surface area contributed by atoms with Crippen molar-refractivity contribution >= 4 is 23.8 Å². The molecule has 2 aliphatic rings. The van der Waals surface area contributed by atoms with Crippen molar-refractivity contribution in [2.75, 3.05) is 13.1 Å². The number of carbonyl (C=O) groups excluding carboxylic acids is 4. The molecule has 0 spiro atoms. The van der Waals surface area contributed by atoms with Gasteiger partial charge < -0.3 is 27.0 Å². The Bertz CT molecular complexity index is 746. The van der Waals surface area contributed by atoms with Crippen molar-refractivity contribution in [3.8, 4) is 0 Å². The normalized spacial score (nSPS) is 23.4. The average molecular weight is 363 g/mol. The molecule has 140 valence electrons. The molecule has 3 rings (SSSR count). The molecule has 11 heteroatoms. The number of primary amides is 1. The van der Waals surface area contributed by atoms with Crippen molar-refractivity contribution in [1.82, 2.24) is 25.1 Å².